The van der Waals surface area contributed by atoms with Gasteiger partial charge in [-0.25, -0.2) is 8.42 Å². The van der Waals surface area contributed by atoms with E-state index in [4.69, 9.17) is 0 Å². The van der Waals surface area contributed by atoms with Crippen LogP contribution in [0.4, 0.5) is 0 Å². The molecule has 1 saturated heterocycles. The molecular weight excluding hydrogens is 200 g/mol. The predicted octanol–water partition coefficient (Wildman–Crippen LogP) is 1.35. The molecule has 0 amide bonds. The standard InChI is InChI=1S/C10H16O3S/c11-7-3-1-2-5-10-6-4-8-14(12,13)9-10/h1-2,7,10H,3-6,8-9H2/b2-1-. The summed E-state index contributed by atoms with van der Waals surface area (Å²) in [6.07, 6.45) is 7.55. The molecule has 1 aliphatic rings. The molecule has 4 heteroatoms. The van der Waals surface area contributed by atoms with Gasteiger partial charge in [-0.1, -0.05) is 12.2 Å². The molecule has 0 saturated carbocycles. The topological polar surface area (TPSA) is 51.2 Å². The molecule has 1 aliphatic heterocycles. The first kappa shape index (κ1) is 11.4. The molecular formula is C10H16O3S. The van der Waals surface area contributed by atoms with E-state index in [0.29, 0.717) is 17.9 Å². The van der Waals surface area contributed by atoms with E-state index in [1.54, 1.807) is 6.08 Å². The quantitative estimate of drug-likeness (QED) is 0.526. The minimum atomic E-state index is -2.78. The van der Waals surface area contributed by atoms with Gasteiger partial charge in [0, 0.05) is 6.42 Å². The smallest absolute Gasteiger partial charge is 0.150 e. The zero-order chi connectivity index (χ0) is 10.4. The van der Waals surface area contributed by atoms with E-state index in [9.17, 15) is 13.2 Å². The van der Waals surface area contributed by atoms with Crippen molar-refractivity contribution < 1.29 is 13.2 Å². The molecule has 0 aromatic heterocycles. The van der Waals surface area contributed by atoms with Gasteiger partial charge in [0.15, 0.2) is 9.84 Å². The summed E-state index contributed by atoms with van der Waals surface area (Å²) in [6, 6.07) is 0. The van der Waals surface area contributed by atoms with Gasteiger partial charge < -0.3 is 4.79 Å². The lowest BCUT2D eigenvalue weighted by atomic mass is 10.0. The normalized spacial score (nSPS) is 26.4. The molecule has 0 bridgehead atoms. The summed E-state index contributed by atoms with van der Waals surface area (Å²) < 4.78 is 22.5. The van der Waals surface area contributed by atoms with Gasteiger partial charge >= 0.3 is 0 Å². The van der Waals surface area contributed by atoms with Crippen molar-refractivity contribution in [1.82, 2.24) is 0 Å². The zero-order valence-corrected chi connectivity index (χ0v) is 9.00. The molecule has 0 aromatic carbocycles. The Hall–Kier alpha value is -0.640. The Balaban J connectivity index is 2.35. The Labute approximate surface area is 85.1 Å². The SMILES string of the molecule is O=CC/C=C\CC1CCCS(=O)(=O)C1. The third-order valence-corrected chi connectivity index (χ3v) is 4.32. The number of aldehydes is 1. The summed E-state index contributed by atoms with van der Waals surface area (Å²) in [7, 11) is -2.78. The highest BCUT2D eigenvalue weighted by molar-refractivity contribution is 7.91. The number of carbonyl (C=O) groups is 1. The summed E-state index contributed by atoms with van der Waals surface area (Å²) in [5.41, 5.74) is 0. The van der Waals surface area contributed by atoms with E-state index in [1.165, 1.54) is 0 Å². The van der Waals surface area contributed by atoms with E-state index in [-0.39, 0.29) is 5.92 Å². The van der Waals surface area contributed by atoms with Gasteiger partial charge in [0.1, 0.15) is 6.29 Å². The monoisotopic (exact) mass is 216 g/mol. The lowest BCUT2D eigenvalue weighted by molar-refractivity contribution is -0.107. The predicted molar refractivity (Wildman–Crippen MR) is 55.8 cm³/mol. The van der Waals surface area contributed by atoms with Crippen molar-refractivity contribution in [2.45, 2.75) is 25.7 Å². The van der Waals surface area contributed by atoms with Crippen LogP contribution in [0.1, 0.15) is 25.7 Å². The maximum absolute atomic E-state index is 11.3. The first-order valence-electron chi connectivity index (χ1n) is 4.93. The summed E-state index contributed by atoms with van der Waals surface area (Å²) in [4.78, 5) is 10.0. The average Bonchev–Trinajstić information content (AvgIpc) is 2.11. The first-order valence-corrected chi connectivity index (χ1v) is 6.75. The van der Waals surface area contributed by atoms with Crippen LogP contribution in [-0.4, -0.2) is 26.2 Å². The van der Waals surface area contributed by atoms with Crippen molar-refractivity contribution in [1.29, 1.82) is 0 Å². The van der Waals surface area contributed by atoms with Gasteiger partial charge in [0.2, 0.25) is 0 Å². The maximum Gasteiger partial charge on any atom is 0.150 e. The van der Waals surface area contributed by atoms with Gasteiger partial charge in [-0.05, 0) is 25.2 Å². The van der Waals surface area contributed by atoms with Crippen LogP contribution in [0.2, 0.25) is 0 Å². The Morgan fingerprint density at radius 3 is 2.71 bits per heavy atom. The summed E-state index contributed by atoms with van der Waals surface area (Å²) in [5, 5.41) is 0. The van der Waals surface area contributed by atoms with E-state index < -0.39 is 9.84 Å². The molecule has 14 heavy (non-hydrogen) atoms. The van der Waals surface area contributed by atoms with Crippen LogP contribution < -0.4 is 0 Å². The Morgan fingerprint density at radius 2 is 2.07 bits per heavy atom. The molecule has 1 unspecified atom stereocenters. The van der Waals surface area contributed by atoms with Crippen molar-refractivity contribution >= 4 is 16.1 Å². The van der Waals surface area contributed by atoms with Crippen LogP contribution in [0.3, 0.4) is 0 Å². The molecule has 80 valence electrons. The zero-order valence-electron chi connectivity index (χ0n) is 8.19. The van der Waals surface area contributed by atoms with Gasteiger partial charge in [-0.15, -0.1) is 0 Å². The number of carbonyl (C=O) groups excluding carboxylic acids is 1. The first-order chi connectivity index (χ1) is 6.64. The Bertz CT molecular complexity index is 303. The average molecular weight is 216 g/mol. The largest absolute Gasteiger partial charge is 0.303 e. The highest BCUT2D eigenvalue weighted by atomic mass is 32.2. The van der Waals surface area contributed by atoms with Crippen LogP contribution in [0.15, 0.2) is 12.2 Å². The van der Waals surface area contributed by atoms with Crippen LogP contribution in [-0.2, 0) is 14.6 Å². The molecule has 3 nitrogen and oxygen atoms in total. The second kappa shape index (κ2) is 5.29. The van der Waals surface area contributed by atoms with Crippen molar-refractivity contribution in [3.63, 3.8) is 0 Å². The van der Waals surface area contributed by atoms with E-state index in [1.807, 2.05) is 6.08 Å². The fraction of sp³-hybridized carbons (Fsp3) is 0.700. The van der Waals surface area contributed by atoms with Crippen LogP contribution in [0, 0.1) is 5.92 Å². The van der Waals surface area contributed by atoms with Gasteiger partial charge in [-0.2, -0.15) is 0 Å². The fourth-order valence-corrected chi connectivity index (χ4v) is 3.54. The lowest BCUT2D eigenvalue weighted by Crippen LogP contribution is -2.24. The van der Waals surface area contributed by atoms with Crippen molar-refractivity contribution in [2.24, 2.45) is 5.92 Å². The van der Waals surface area contributed by atoms with Gasteiger partial charge in [0.05, 0.1) is 11.5 Å². The summed E-state index contributed by atoms with van der Waals surface area (Å²) in [6.45, 7) is 0. The van der Waals surface area contributed by atoms with Crippen LogP contribution in [0.5, 0.6) is 0 Å². The van der Waals surface area contributed by atoms with Gasteiger partial charge in [0.25, 0.3) is 0 Å². The van der Waals surface area contributed by atoms with Crippen molar-refractivity contribution in [2.75, 3.05) is 11.5 Å². The highest BCUT2D eigenvalue weighted by Crippen LogP contribution is 2.21. The number of hydrogen-bond donors (Lipinski definition) is 0. The third-order valence-electron chi connectivity index (χ3n) is 2.43. The maximum atomic E-state index is 11.3. The molecule has 1 heterocycles. The Kier molecular flexibility index (Phi) is 4.32. The molecule has 0 spiro atoms. The molecule has 1 fully saturated rings. The minimum absolute atomic E-state index is 0.261. The third kappa shape index (κ3) is 4.05. The molecule has 0 aliphatic carbocycles. The van der Waals surface area contributed by atoms with E-state index in [2.05, 4.69) is 0 Å². The van der Waals surface area contributed by atoms with Crippen LogP contribution >= 0.6 is 0 Å². The number of sulfone groups is 1. The lowest BCUT2D eigenvalue weighted by Gasteiger charge is -2.20. The minimum Gasteiger partial charge on any atom is -0.303 e. The molecule has 0 radical (unpaired) electrons. The summed E-state index contributed by atoms with van der Waals surface area (Å²) >= 11 is 0. The molecule has 1 rings (SSSR count). The molecule has 0 aromatic rings. The highest BCUT2D eigenvalue weighted by Gasteiger charge is 2.23. The second-order valence-corrected chi connectivity index (χ2v) is 5.96. The summed E-state index contributed by atoms with van der Waals surface area (Å²) in [5.74, 6) is 0.927. The number of allylic oxidation sites excluding steroid dienone is 2. The van der Waals surface area contributed by atoms with E-state index in [0.717, 1.165) is 25.5 Å². The number of hydrogen-bond acceptors (Lipinski definition) is 3. The van der Waals surface area contributed by atoms with Crippen molar-refractivity contribution in [3.8, 4) is 0 Å². The number of rotatable bonds is 4. The second-order valence-electron chi connectivity index (χ2n) is 3.73. The molecule has 1 atom stereocenters. The fourth-order valence-electron chi connectivity index (χ4n) is 1.74. The molecule has 0 N–H and O–H groups in total. The van der Waals surface area contributed by atoms with E-state index >= 15 is 0 Å². The van der Waals surface area contributed by atoms with Crippen LogP contribution in [0.25, 0.3) is 0 Å². The van der Waals surface area contributed by atoms with Gasteiger partial charge in [-0.3, -0.25) is 0 Å². The van der Waals surface area contributed by atoms with Crippen molar-refractivity contribution in [3.05, 3.63) is 12.2 Å². The Morgan fingerprint density at radius 1 is 1.29 bits per heavy atom.